The maximum Gasteiger partial charge on any atom is 0.309 e. The highest BCUT2D eigenvalue weighted by molar-refractivity contribution is 7.86. The van der Waals surface area contributed by atoms with Crippen LogP contribution in [-0.4, -0.2) is 20.1 Å². The molecule has 1 amide bonds. The van der Waals surface area contributed by atoms with E-state index in [-0.39, 0.29) is 5.75 Å². The first kappa shape index (κ1) is 11.0. The highest BCUT2D eigenvalue weighted by atomic mass is 32.2. The molecule has 12 heavy (non-hydrogen) atoms. The van der Waals surface area contributed by atoms with E-state index >= 15 is 0 Å². The van der Waals surface area contributed by atoms with Crippen LogP contribution in [-0.2, 0) is 19.1 Å². The third-order valence-electron chi connectivity index (χ3n) is 0.957. The highest BCUT2D eigenvalue weighted by Crippen LogP contribution is 2.02. The van der Waals surface area contributed by atoms with Crippen LogP contribution in [0.25, 0.3) is 0 Å². The Morgan fingerprint density at radius 1 is 1.58 bits per heavy atom. The molecule has 0 aromatic heterocycles. The van der Waals surface area contributed by atoms with Gasteiger partial charge in [0.1, 0.15) is 0 Å². The molecule has 0 spiro atoms. The van der Waals surface area contributed by atoms with E-state index in [1.807, 2.05) is 0 Å². The molecule has 0 saturated heterocycles. The van der Waals surface area contributed by atoms with Gasteiger partial charge in [0.15, 0.2) is 5.76 Å². The van der Waals surface area contributed by atoms with Gasteiger partial charge in [-0.05, 0) is 13.0 Å². The van der Waals surface area contributed by atoms with E-state index in [9.17, 15) is 13.2 Å². The summed E-state index contributed by atoms with van der Waals surface area (Å²) in [7, 11) is -3.68. The third kappa shape index (κ3) is 3.97. The summed E-state index contributed by atoms with van der Waals surface area (Å²) < 4.78 is 26.0. The quantitative estimate of drug-likeness (QED) is 0.370. The van der Waals surface area contributed by atoms with Gasteiger partial charge in [-0.15, -0.1) is 0 Å². The Bertz CT molecular complexity index is 280. The summed E-state index contributed by atoms with van der Waals surface area (Å²) in [6, 6.07) is 0. The highest BCUT2D eigenvalue weighted by Gasteiger charge is 2.14. The average molecular weight is 193 g/mol. The molecule has 0 saturated carbocycles. The van der Waals surface area contributed by atoms with Crippen LogP contribution in [0.4, 0.5) is 0 Å². The lowest BCUT2D eigenvalue weighted by Crippen LogP contribution is -2.19. The molecule has 0 radical (unpaired) electrons. The molecule has 6 heteroatoms. The molecule has 5 nitrogen and oxygen atoms in total. The SMILES string of the molecule is C=C(OS(=O)(=O)CCC)C(N)=O. The minimum absolute atomic E-state index is 0.153. The second-order valence-corrected chi connectivity index (χ2v) is 3.82. The van der Waals surface area contributed by atoms with Crippen molar-refractivity contribution in [3.63, 3.8) is 0 Å². The van der Waals surface area contributed by atoms with Gasteiger partial charge in [0.2, 0.25) is 0 Å². The predicted octanol–water partition coefficient (Wildman–Crippen LogP) is -0.258. The molecule has 0 heterocycles. The Morgan fingerprint density at radius 2 is 2.08 bits per heavy atom. The average Bonchev–Trinajstić information content (AvgIpc) is 1.85. The predicted molar refractivity (Wildman–Crippen MR) is 43.5 cm³/mol. The van der Waals surface area contributed by atoms with Crippen molar-refractivity contribution in [3.8, 4) is 0 Å². The van der Waals surface area contributed by atoms with Crippen LogP contribution in [0.2, 0.25) is 0 Å². The van der Waals surface area contributed by atoms with Gasteiger partial charge in [0, 0.05) is 0 Å². The minimum atomic E-state index is -3.68. The van der Waals surface area contributed by atoms with Gasteiger partial charge in [-0.3, -0.25) is 4.79 Å². The van der Waals surface area contributed by atoms with Crippen LogP contribution in [0, 0.1) is 0 Å². The van der Waals surface area contributed by atoms with Gasteiger partial charge >= 0.3 is 10.1 Å². The number of primary amides is 1. The van der Waals surface area contributed by atoms with Crippen LogP contribution < -0.4 is 5.73 Å². The molecule has 2 N–H and O–H groups in total. The normalized spacial score (nSPS) is 10.8. The van der Waals surface area contributed by atoms with E-state index < -0.39 is 21.8 Å². The lowest BCUT2D eigenvalue weighted by atomic mass is 10.6. The number of carbonyl (C=O) groups excluding carboxylic acids is 1. The first-order valence-corrected chi connectivity index (χ1v) is 4.87. The number of hydrogen-bond acceptors (Lipinski definition) is 4. The largest absolute Gasteiger partial charge is 0.377 e. The Hall–Kier alpha value is -1.04. The smallest absolute Gasteiger partial charge is 0.309 e. The van der Waals surface area contributed by atoms with Gasteiger partial charge in [0.25, 0.3) is 5.91 Å². The number of rotatable bonds is 5. The monoisotopic (exact) mass is 193 g/mol. The van der Waals surface area contributed by atoms with Crippen molar-refractivity contribution >= 4 is 16.0 Å². The van der Waals surface area contributed by atoms with Crippen LogP contribution in [0.1, 0.15) is 13.3 Å². The van der Waals surface area contributed by atoms with Gasteiger partial charge in [-0.1, -0.05) is 6.92 Å². The van der Waals surface area contributed by atoms with E-state index in [0.717, 1.165) is 0 Å². The topological polar surface area (TPSA) is 86.5 Å². The molecule has 0 bridgehead atoms. The van der Waals surface area contributed by atoms with Crippen molar-refractivity contribution in [3.05, 3.63) is 12.3 Å². The molecule has 0 aromatic rings. The molecule has 0 fully saturated rings. The molecule has 0 aliphatic carbocycles. The van der Waals surface area contributed by atoms with E-state index in [2.05, 4.69) is 10.8 Å². The summed E-state index contributed by atoms with van der Waals surface area (Å²) in [5.41, 5.74) is 4.71. The fourth-order valence-corrected chi connectivity index (χ4v) is 1.46. The molecule has 0 rings (SSSR count). The molecule has 0 aliphatic heterocycles. The molecule has 0 unspecified atom stereocenters. The molecule has 0 atom stereocenters. The van der Waals surface area contributed by atoms with Gasteiger partial charge in [0.05, 0.1) is 5.75 Å². The summed E-state index contributed by atoms with van der Waals surface area (Å²) in [6.45, 7) is 4.72. The zero-order chi connectivity index (χ0) is 9.78. The van der Waals surface area contributed by atoms with E-state index in [1.165, 1.54) is 0 Å². The fourth-order valence-electron chi connectivity index (χ4n) is 0.486. The summed E-state index contributed by atoms with van der Waals surface area (Å²) >= 11 is 0. The van der Waals surface area contributed by atoms with Crippen LogP contribution >= 0.6 is 0 Å². The standard InChI is InChI=1S/C6H11NO4S/c1-3-4-12(9,10)11-5(2)6(7)8/h2-4H2,1H3,(H2,7,8). The summed E-state index contributed by atoms with van der Waals surface area (Å²) in [5.74, 6) is -1.68. The fraction of sp³-hybridized carbons (Fsp3) is 0.500. The maximum atomic E-state index is 10.9. The van der Waals surface area contributed by atoms with Gasteiger partial charge < -0.3 is 9.92 Å². The molecule has 70 valence electrons. The Kier molecular flexibility index (Phi) is 3.75. The van der Waals surface area contributed by atoms with Gasteiger partial charge in [-0.25, -0.2) is 0 Å². The van der Waals surface area contributed by atoms with E-state index in [0.29, 0.717) is 6.42 Å². The Balaban J connectivity index is 4.26. The zero-order valence-electron chi connectivity index (χ0n) is 6.74. The van der Waals surface area contributed by atoms with Crippen molar-refractivity contribution in [1.82, 2.24) is 0 Å². The summed E-state index contributed by atoms with van der Waals surface area (Å²) in [4.78, 5) is 10.3. The molecular formula is C6H11NO4S. The minimum Gasteiger partial charge on any atom is -0.377 e. The summed E-state index contributed by atoms with van der Waals surface area (Å²) in [6.07, 6.45) is 0.411. The maximum absolute atomic E-state index is 10.9. The van der Waals surface area contributed by atoms with Crippen LogP contribution in [0.15, 0.2) is 12.3 Å². The van der Waals surface area contributed by atoms with Crippen molar-refractivity contribution in [1.29, 1.82) is 0 Å². The number of hydrogen-bond donors (Lipinski definition) is 1. The second-order valence-electron chi connectivity index (χ2n) is 2.13. The second kappa shape index (κ2) is 4.10. The zero-order valence-corrected chi connectivity index (χ0v) is 7.56. The number of amides is 1. The summed E-state index contributed by atoms with van der Waals surface area (Å²) in [5, 5.41) is 0. The lowest BCUT2D eigenvalue weighted by Gasteiger charge is -2.04. The lowest BCUT2D eigenvalue weighted by molar-refractivity contribution is -0.116. The van der Waals surface area contributed by atoms with Crippen molar-refractivity contribution < 1.29 is 17.4 Å². The number of nitrogens with two attached hydrogens (primary N) is 1. The van der Waals surface area contributed by atoms with Crippen molar-refractivity contribution in [2.45, 2.75) is 13.3 Å². The van der Waals surface area contributed by atoms with Crippen LogP contribution in [0.3, 0.4) is 0 Å². The third-order valence-corrected chi connectivity index (χ3v) is 2.32. The van der Waals surface area contributed by atoms with Crippen molar-refractivity contribution in [2.24, 2.45) is 5.73 Å². The molecule has 0 aromatic carbocycles. The first-order chi connectivity index (χ1) is 5.39. The number of carbonyl (C=O) groups is 1. The van der Waals surface area contributed by atoms with Crippen LogP contribution in [0.5, 0.6) is 0 Å². The Morgan fingerprint density at radius 3 is 2.42 bits per heavy atom. The van der Waals surface area contributed by atoms with E-state index in [4.69, 9.17) is 5.73 Å². The molecule has 0 aliphatic rings. The molecular weight excluding hydrogens is 182 g/mol. The van der Waals surface area contributed by atoms with Gasteiger partial charge in [-0.2, -0.15) is 8.42 Å². The van der Waals surface area contributed by atoms with Crippen molar-refractivity contribution in [2.75, 3.05) is 5.75 Å². The first-order valence-electron chi connectivity index (χ1n) is 3.30. The van der Waals surface area contributed by atoms with E-state index in [1.54, 1.807) is 6.92 Å². The Labute approximate surface area is 71.3 Å².